The Morgan fingerprint density at radius 1 is 1.39 bits per heavy atom. The van der Waals surface area contributed by atoms with E-state index in [1.807, 2.05) is 6.92 Å². The van der Waals surface area contributed by atoms with Crippen LogP contribution in [0.25, 0.3) is 0 Å². The second-order valence-electron chi connectivity index (χ2n) is 6.23. The van der Waals surface area contributed by atoms with Crippen LogP contribution in [0.3, 0.4) is 0 Å². The lowest BCUT2D eigenvalue weighted by atomic mass is 9.82. The van der Waals surface area contributed by atoms with Gasteiger partial charge in [-0.2, -0.15) is 4.98 Å². The SMILES string of the molecule is CN=C(NCc1nc(C)no1)N1CCC(C)(c2ccccc2)C1. The number of aliphatic imine (C=N–C) groups is 1. The van der Waals surface area contributed by atoms with E-state index in [0.717, 1.165) is 25.5 Å². The minimum absolute atomic E-state index is 0.153. The van der Waals surface area contributed by atoms with Crippen molar-refractivity contribution in [3.05, 3.63) is 47.6 Å². The minimum Gasteiger partial charge on any atom is -0.347 e. The highest BCUT2D eigenvalue weighted by Gasteiger charge is 2.36. The van der Waals surface area contributed by atoms with Gasteiger partial charge in [-0.25, -0.2) is 0 Å². The molecule has 1 aliphatic rings. The molecule has 1 atom stereocenters. The number of rotatable bonds is 3. The molecule has 2 aromatic rings. The fourth-order valence-corrected chi connectivity index (χ4v) is 3.12. The summed E-state index contributed by atoms with van der Waals surface area (Å²) in [6, 6.07) is 10.7. The van der Waals surface area contributed by atoms with Crippen LogP contribution in [-0.4, -0.2) is 41.1 Å². The van der Waals surface area contributed by atoms with Gasteiger partial charge in [0.15, 0.2) is 11.8 Å². The minimum atomic E-state index is 0.153. The third kappa shape index (κ3) is 3.36. The van der Waals surface area contributed by atoms with Gasteiger partial charge in [-0.1, -0.05) is 42.4 Å². The maximum Gasteiger partial charge on any atom is 0.246 e. The van der Waals surface area contributed by atoms with Crippen molar-refractivity contribution in [1.29, 1.82) is 0 Å². The van der Waals surface area contributed by atoms with E-state index in [0.29, 0.717) is 18.3 Å². The van der Waals surface area contributed by atoms with Crippen LogP contribution in [0.5, 0.6) is 0 Å². The largest absolute Gasteiger partial charge is 0.347 e. The molecule has 1 fully saturated rings. The summed E-state index contributed by atoms with van der Waals surface area (Å²) < 4.78 is 5.13. The highest BCUT2D eigenvalue weighted by molar-refractivity contribution is 5.80. The average molecular weight is 313 g/mol. The fourth-order valence-electron chi connectivity index (χ4n) is 3.12. The highest BCUT2D eigenvalue weighted by atomic mass is 16.5. The van der Waals surface area contributed by atoms with E-state index >= 15 is 0 Å². The summed E-state index contributed by atoms with van der Waals surface area (Å²) in [5.41, 5.74) is 1.53. The zero-order valence-corrected chi connectivity index (χ0v) is 13.9. The number of aromatic nitrogens is 2. The van der Waals surface area contributed by atoms with Gasteiger partial charge < -0.3 is 14.7 Å². The fraction of sp³-hybridized carbons (Fsp3) is 0.471. The Hall–Kier alpha value is -2.37. The van der Waals surface area contributed by atoms with Gasteiger partial charge in [0.2, 0.25) is 5.89 Å². The second-order valence-corrected chi connectivity index (χ2v) is 6.23. The van der Waals surface area contributed by atoms with Gasteiger partial charge in [0.05, 0.1) is 6.54 Å². The van der Waals surface area contributed by atoms with Crippen LogP contribution in [0.2, 0.25) is 0 Å². The lowest BCUT2D eigenvalue weighted by Crippen LogP contribution is -2.41. The molecule has 122 valence electrons. The van der Waals surface area contributed by atoms with Crippen LogP contribution >= 0.6 is 0 Å². The maximum absolute atomic E-state index is 5.13. The molecule has 23 heavy (non-hydrogen) atoms. The van der Waals surface area contributed by atoms with Gasteiger partial charge in [0, 0.05) is 25.6 Å². The Morgan fingerprint density at radius 2 is 2.17 bits per heavy atom. The van der Waals surface area contributed by atoms with E-state index in [-0.39, 0.29) is 5.41 Å². The molecule has 0 bridgehead atoms. The average Bonchev–Trinajstić information content (AvgIpc) is 3.16. The van der Waals surface area contributed by atoms with Gasteiger partial charge >= 0.3 is 0 Å². The van der Waals surface area contributed by atoms with Crippen molar-refractivity contribution >= 4 is 5.96 Å². The summed E-state index contributed by atoms with van der Waals surface area (Å²) in [6.45, 7) is 6.55. The zero-order valence-electron chi connectivity index (χ0n) is 13.9. The molecule has 1 aliphatic heterocycles. The number of guanidine groups is 1. The molecule has 2 heterocycles. The van der Waals surface area contributed by atoms with Crippen molar-refractivity contribution in [2.75, 3.05) is 20.1 Å². The summed E-state index contributed by atoms with van der Waals surface area (Å²) in [6.07, 6.45) is 1.11. The normalized spacial score (nSPS) is 21.7. The number of aryl methyl sites for hydroxylation is 1. The zero-order chi connectivity index (χ0) is 16.3. The molecular formula is C17H23N5O. The van der Waals surface area contributed by atoms with Crippen molar-refractivity contribution in [3.63, 3.8) is 0 Å². The standard InChI is InChI=1S/C17H23N5O/c1-13-20-15(23-21-13)11-19-16(18-3)22-10-9-17(2,12-22)14-7-5-4-6-8-14/h4-8H,9-12H2,1-3H3,(H,18,19). The van der Waals surface area contributed by atoms with Crippen LogP contribution in [0.4, 0.5) is 0 Å². The van der Waals surface area contributed by atoms with Crippen molar-refractivity contribution in [3.8, 4) is 0 Å². The predicted octanol–water partition coefficient (Wildman–Crippen LogP) is 2.12. The molecule has 0 radical (unpaired) electrons. The van der Waals surface area contributed by atoms with Crippen LogP contribution in [0.1, 0.15) is 30.6 Å². The topological polar surface area (TPSA) is 66.5 Å². The number of likely N-dealkylation sites (tertiary alicyclic amines) is 1. The Bertz CT molecular complexity index is 681. The predicted molar refractivity (Wildman–Crippen MR) is 89.2 cm³/mol. The Labute approximate surface area is 136 Å². The first-order valence-electron chi connectivity index (χ1n) is 7.91. The quantitative estimate of drug-likeness (QED) is 0.694. The van der Waals surface area contributed by atoms with Crippen LogP contribution in [-0.2, 0) is 12.0 Å². The van der Waals surface area contributed by atoms with E-state index in [1.165, 1.54) is 5.56 Å². The van der Waals surface area contributed by atoms with E-state index in [2.05, 4.69) is 62.6 Å². The molecule has 1 unspecified atom stereocenters. The second kappa shape index (κ2) is 6.40. The molecule has 6 heteroatoms. The molecule has 1 aromatic carbocycles. The van der Waals surface area contributed by atoms with Gasteiger partial charge in [0.25, 0.3) is 0 Å². The van der Waals surface area contributed by atoms with Crippen LogP contribution < -0.4 is 5.32 Å². The summed E-state index contributed by atoms with van der Waals surface area (Å²) in [5, 5.41) is 7.11. The van der Waals surface area contributed by atoms with Crippen LogP contribution in [0.15, 0.2) is 39.8 Å². The third-order valence-electron chi connectivity index (χ3n) is 4.42. The van der Waals surface area contributed by atoms with Crippen molar-refractivity contribution in [1.82, 2.24) is 20.4 Å². The molecule has 1 saturated heterocycles. The summed E-state index contributed by atoms with van der Waals surface area (Å²) in [7, 11) is 1.81. The molecule has 0 saturated carbocycles. The number of hydrogen-bond donors (Lipinski definition) is 1. The molecule has 3 rings (SSSR count). The summed E-state index contributed by atoms with van der Waals surface area (Å²) >= 11 is 0. The molecular weight excluding hydrogens is 290 g/mol. The molecule has 1 aromatic heterocycles. The number of benzene rings is 1. The molecule has 6 nitrogen and oxygen atoms in total. The Balaban J connectivity index is 1.64. The monoisotopic (exact) mass is 313 g/mol. The molecule has 1 N–H and O–H groups in total. The molecule has 0 amide bonds. The van der Waals surface area contributed by atoms with E-state index < -0.39 is 0 Å². The van der Waals surface area contributed by atoms with E-state index in [1.54, 1.807) is 7.05 Å². The summed E-state index contributed by atoms with van der Waals surface area (Å²) in [5.74, 6) is 2.10. The Kier molecular flexibility index (Phi) is 4.32. The first-order chi connectivity index (χ1) is 11.1. The highest BCUT2D eigenvalue weighted by Crippen LogP contribution is 2.33. The van der Waals surface area contributed by atoms with Crippen LogP contribution in [0, 0.1) is 6.92 Å². The number of hydrogen-bond acceptors (Lipinski definition) is 4. The van der Waals surface area contributed by atoms with Gasteiger partial charge in [-0.3, -0.25) is 4.99 Å². The van der Waals surface area contributed by atoms with Gasteiger partial charge in [-0.15, -0.1) is 0 Å². The first kappa shape index (κ1) is 15.5. The lowest BCUT2D eigenvalue weighted by Gasteiger charge is -2.26. The van der Waals surface area contributed by atoms with E-state index in [9.17, 15) is 0 Å². The molecule has 0 spiro atoms. The third-order valence-corrected chi connectivity index (χ3v) is 4.42. The van der Waals surface area contributed by atoms with E-state index in [4.69, 9.17) is 4.52 Å². The van der Waals surface area contributed by atoms with Crippen molar-refractivity contribution in [2.24, 2.45) is 4.99 Å². The number of nitrogens with one attached hydrogen (secondary N) is 1. The lowest BCUT2D eigenvalue weighted by molar-refractivity contribution is 0.367. The maximum atomic E-state index is 5.13. The Morgan fingerprint density at radius 3 is 2.83 bits per heavy atom. The smallest absolute Gasteiger partial charge is 0.246 e. The van der Waals surface area contributed by atoms with Gasteiger partial charge in [-0.05, 0) is 18.9 Å². The van der Waals surface area contributed by atoms with Gasteiger partial charge in [0.1, 0.15) is 0 Å². The number of nitrogens with zero attached hydrogens (tertiary/aromatic N) is 4. The first-order valence-corrected chi connectivity index (χ1v) is 7.91. The van der Waals surface area contributed by atoms with Crippen molar-refractivity contribution < 1.29 is 4.52 Å². The summed E-state index contributed by atoms with van der Waals surface area (Å²) in [4.78, 5) is 10.9. The van der Waals surface area contributed by atoms with Crippen molar-refractivity contribution in [2.45, 2.75) is 32.2 Å². The molecule has 0 aliphatic carbocycles.